The molecule has 4 nitrogen and oxygen atoms in total. The molecule has 0 fully saturated rings. The summed E-state index contributed by atoms with van der Waals surface area (Å²) in [6, 6.07) is 2.51. The third-order valence-corrected chi connectivity index (χ3v) is 6.11. The van der Waals surface area contributed by atoms with Crippen molar-refractivity contribution in [2.45, 2.75) is 38.1 Å². The van der Waals surface area contributed by atoms with Crippen LogP contribution in [0.5, 0.6) is 11.5 Å². The summed E-state index contributed by atoms with van der Waals surface area (Å²) >= 11 is 0. The van der Waals surface area contributed by atoms with Gasteiger partial charge >= 0.3 is 22.0 Å². The summed E-state index contributed by atoms with van der Waals surface area (Å²) in [6.45, 7) is 1.95. The standard InChI is InChI=1S/C21H15F9O4S/c1-10-2-4-11(5-3-10)12-6-7-13(17(23)16(12)22)14-8-9-15(33-20(25,26)27)18(24)19(14)34-35(31,32)21(28,29)30/h4,6-10H,2-3,5H2,1H3. The highest BCUT2D eigenvalue weighted by Crippen LogP contribution is 2.43. The number of benzene rings is 2. The highest BCUT2D eigenvalue weighted by Gasteiger charge is 2.49. The number of rotatable bonds is 5. The lowest BCUT2D eigenvalue weighted by Gasteiger charge is -2.20. The second-order valence-electron chi connectivity index (χ2n) is 7.68. The molecule has 0 aromatic heterocycles. The Bertz CT molecular complexity index is 1270. The molecule has 1 aliphatic rings. The first-order valence-corrected chi connectivity index (χ1v) is 11.2. The van der Waals surface area contributed by atoms with Gasteiger partial charge in [0, 0.05) is 16.7 Å². The Hall–Kier alpha value is -2.90. The predicted octanol–water partition coefficient (Wildman–Crippen LogP) is 7.10. The van der Waals surface area contributed by atoms with Crippen LogP contribution in [-0.2, 0) is 10.1 Å². The topological polar surface area (TPSA) is 52.6 Å². The van der Waals surface area contributed by atoms with Gasteiger partial charge in [-0.3, -0.25) is 0 Å². The van der Waals surface area contributed by atoms with Crippen molar-refractivity contribution in [3.8, 4) is 22.6 Å². The van der Waals surface area contributed by atoms with Crippen LogP contribution >= 0.6 is 0 Å². The molecular formula is C21H15F9O4S. The summed E-state index contributed by atoms with van der Waals surface area (Å²) in [7, 11) is -6.62. The van der Waals surface area contributed by atoms with Crippen LogP contribution in [0.3, 0.4) is 0 Å². The predicted molar refractivity (Wildman–Crippen MR) is 105 cm³/mol. The van der Waals surface area contributed by atoms with Crippen LogP contribution in [0.2, 0.25) is 0 Å². The molecular weight excluding hydrogens is 519 g/mol. The first kappa shape index (κ1) is 26.7. The van der Waals surface area contributed by atoms with E-state index in [1.54, 1.807) is 6.08 Å². The molecule has 35 heavy (non-hydrogen) atoms. The largest absolute Gasteiger partial charge is 0.573 e. The molecule has 0 radical (unpaired) electrons. The minimum Gasteiger partial charge on any atom is -0.402 e. The lowest BCUT2D eigenvalue weighted by Crippen LogP contribution is -2.28. The summed E-state index contributed by atoms with van der Waals surface area (Å²) in [6.07, 6.45) is -2.19. The van der Waals surface area contributed by atoms with Gasteiger partial charge in [0.05, 0.1) is 0 Å². The third kappa shape index (κ3) is 5.68. The van der Waals surface area contributed by atoms with E-state index in [1.807, 2.05) is 6.92 Å². The molecule has 0 heterocycles. The van der Waals surface area contributed by atoms with Gasteiger partial charge in [-0.05, 0) is 42.9 Å². The van der Waals surface area contributed by atoms with Crippen molar-refractivity contribution in [1.82, 2.24) is 0 Å². The van der Waals surface area contributed by atoms with Crippen molar-refractivity contribution in [2.24, 2.45) is 5.92 Å². The zero-order valence-electron chi connectivity index (χ0n) is 17.5. The van der Waals surface area contributed by atoms with E-state index in [4.69, 9.17) is 0 Å². The van der Waals surface area contributed by atoms with Crippen LogP contribution in [0.25, 0.3) is 16.7 Å². The van der Waals surface area contributed by atoms with Gasteiger partial charge in [0.1, 0.15) is 0 Å². The number of alkyl halides is 6. The van der Waals surface area contributed by atoms with Crippen molar-refractivity contribution in [1.29, 1.82) is 0 Å². The summed E-state index contributed by atoms with van der Waals surface area (Å²) < 4.78 is 150. The molecule has 192 valence electrons. The molecule has 0 spiro atoms. The molecule has 2 aromatic rings. The summed E-state index contributed by atoms with van der Waals surface area (Å²) in [5, 5.41) is 0. The average Bonchev–Trinajstić information content (AvgIpc) is 2.72. The molecule has 0 saturated heterocycles. The molecule has 0 aliphatic heterocycles. The van der Waals surface area contributed by atoms with Crippen LogP contribution in [0.15, 0.2) is 30.3 Å². The second-order valence-corrected chi connectivity index (χ2v) is 9.22. The first-order valence-electron chi connectivity index (χ1n) is 9.78. The van der Waals surface area contributed by atoms with Gasteiger partial charge in [-0.15, -0.1) is 13.2 Å². The lowest BCUT2D eigenvalue weighted by atomic mass is 9.87. The van der Waals surface area contributed by atoms with Crippen molar-refractivity contribution in [3.05, 3.63) is 53.4 Å². The first-order chi connectivity index (χ1) is 16.0. The maximum atomic E-state index is 15.0. The fraction of sp³-hybridized carbons (Fsp3) is 0.333. The van der Waals surface area contributed by atoms with Gasteiger partial charge < -0.3 is 8.92 Å². The van der Waals surface area contributed by atoms with E-state index in [0.717, 1.165) is 12.1 Å². The van der Waals surface area contributed by atoms with Gasteiger partial charge in [0.15, 0.2) is 23.1 Å². The Labute approximate surface area is 193 Å². The smallest absolute Gasteiger partial charge is 0.402 e. The maximum Gasteiger partial charge on any atom is 0.573 e. The number of ether oxygens (including phenoxy) is 1. The van der Waals surface area contributed by atoms with Crippen LogP contribution < -0.4 is 8.92 Å². The van der Waals surface area contributed by atoms with E-state index in [9.17, 15) is 47.9 Å². The van der Waals surface area contributed by atoms with Gasteiger partial charge in [-0.25, -0.2) is 8.78 Å². The SMILES string of the molecule is CC1CC=C(c2ccc(-c3ccc(OC(F)(F)F)c(F)c3OS(=O)(=O)C(F)(F)F)c(F)c2F)CC1. The molecule has 0 saturated carbocycles. The molecule has 0 amide bonds. The summed E-state index contributed by atoms with van der Waals surface area (Å²) in [5.74, 6) is -8.92. The number of halogens is 9. The number of allylic oxidation sites excluding steroid dienone is 2. The normalized spacial score (nSPS) is 17.2. The van der Waals surface area contributed by atoms with Crippen LogP contribution in [-0.4, -0.2) is 20.3 Å². The monoisotopic (exact) mass is 534 g/mol. The fourth-order valence-corrected chi connectivity index (χ4v) is 3.88. The second kappa shape index (κ2) is 9.28. The third-order valence-electron chi connectivity index (χ3n) is 5.16. The van der Waals surface area contributed by atoms with E-state index in [-0.39, 0.29) is 11.6 Å². The van der Waals surface area contributed by atoms with Crippen LogP contribution in [0.4, 0.5) is 39.5 Å². The molecule has 0 N–H and O–H groups in total. The molecule has 3 rings (SSSR count). The highest BCUT2D eigenvalue weighted by molar-refractivity contribution is 7.88. The van der Waals surface area contributed by atoms with Crippen LogP contribution in [0.1, 0.15) is 31.7 Å². The van der Waals surface area contributed by atoms with Crippen LogP contribution in [0, 0.1) is 23.4 Å². The Morgan fingerprint density at radius 3 is 1.97 bits per heavy atom. The molecule has 14 heteroatoms. The minimum absolute atomic E-state index is 0.180. The molecule has 1 atom stereocenters. The molecule has 2 aromatic carbocycles. The Balaban J connectivity index is 2.18. The van der Waals surface area contributed by atoms with Gasteiger partial charge in [-0.2, -0.15) is 26.0 Å². The van der Waals surface area contributed by atoms with Gasteiger partial charge in [-0.1, -0.05) is 25.1 Å². The van der Waals surface area contributed by atoms with Crippen molar-refractivity contribution < 1.29 is 56.9 Å². The van der Waals surface area contributed by atoms with Crippen molar-refractivity contribution >= 4 is 15.7 Å². The van der Waals surface area contributed by atoms with Gasteiger partial charge in [0.25, 0.3) is 0 Å². The van der Waals surface area contributed by atoms with Crippen molar-refractivity contribution in [3.63, 3.8) is 0 Å². The molecule has 1 unspecified atom stereocenters. The zero-order valence-corrected chi connectivity index (χ0v) is 18.3. The van der Waals surface area contributed by atoms with E-state index in [1.165, 1.54) is 0 Å². The Kier molecular flexibility index (Phi) is 7.08. The minimum atomic E-state index is -6.62. The summed E-state index contributed by atoms with van der Waals surface area (Å²) in [4.78, 5) is 0. The fourth-order valence-electron chi connectivity index (χ4n) is 3.41. The number of hydrogen-bond donors (Lipinski definition) is 0. The summed E-state index contributed by atoms with van der Waals surface area (Å²) in [5.41, 5.74) is -7.90. The molecule has 1 aliphatic carbocycles. The van der Waals surface area contributed by atoms with Gasteiger partial charge in [0.2, 0.25) is 5.82 Å². The Morgan fingerprint density at radius 1 is 0.857 bits per heavy atom. The molecule has 0 bridgehead atoms. The lowest BCUT2D eigenvalue weighted by molar-refractivity contribution is -0.275. The number of hydrogen-bond acceptors (Lipinski definition) is 4. The highest BCUT2D eigenvalue weighted by atomic mass is 32.2. The van der Waals surface area contributed by atoms with E-state index in [0.29, 0.717) is 36.8 Å². The quantitative estimate of drug-likeness (QED) is 0.233. The average molecular weight is 534 g/mol. The Morgan fingerprint density at radius 2 is 1.43 bits per heavy atom. The zero-order chi connectivity index (χ0) is 26.3. The van der Waals surface area contributed by atoms with Crippen molar-refractivity contribution in [2.75, 3.05) is 0 Å². The maximum absolute atomic E-state index is 15.0. The van der Waals surface area contributed by atoms with E-state index >= 15 is 0 Å². The van der Waals surface area contributed by atoms with E-state index in [2.05, 4.69) is 8.92 Å². The van der Waals surface area contributed by atoms with E-state index < -0.39 is 62.1 Å².